The molecular formula is C12H17N3S. The van der Waals surface area contributed by atoms with Crippen molar-refractivity contribution in [3.8, 4) is 0 Å². The van der Waals surface area contributed by atoms with Crippen molar-refractivity contribution in [3.63, 3.8) is 0 Å². The standard InChI is InChI=1S/C12H17N3S/c1-4-5-6-9-14-11(13)10-7(2)8(3)16-12(10)15-9/h4-6H2,1-3H3,(H2,13,14,15). The van der Waals surface area contributed by atoms with Crippen LogP contribution in [0.15, 0.2) is 0 Å². The molecule has 0 aliphatic rings. The van der Waals surface area contributed by atoms with Crippen molar-refractivity contribution in [1.29, 1.82) is 0 Å². The predicted molar refractivity (Wildman–Crippen MR) is 69.9 cm³/mol. The SMILES string of the molecule is CCCCc1nc(N)c2c(C)c(C)sc2n1. The first-order valence-corrected chi connectivity index (χ1v) is 6.47. The third kappa shape index (κ3) is 1.89. The molecule has 2 heterocycles. The summed E-state index contributed by atoms with van der Waals surface area (Å²) in [5.74, 6) is 1.52. The van der Waals surface area contributed by atoms with Crippen LogP contribution in [0.5, 0.6) is 0 Å². The Bertz CT molecular complexity index is 516. The summed E-state index contributed by atoms with van der Waals surface area (Å²) >= 11 is 1.71. The second kappa shape index (κ2) is 4.37. The number of hydrogen-bond donors (Lipinski definition) is 1. The smallest absolute Gasteiger partial charge is 0.136 e. The van der Waals surface area contributed by atoms with Gasteiger partial charge in [-0.05, 0) is 25.8 Å². The van der Waals surface area contributed by atoms with Crippen LogP contribution in [-0.4, -0.2) is 9.97 Å². The van der Waals surface area contributed by atoms with E-state index < -0.39 is 0 Å². The van der Waals surface area contributed by atoms with Crippen LogP contribution in [0.25, 0.3) is 10.2 Å². The molecule has 0 amide bonds. The van der Waals surface area contributed by atoms with Crippen molar-refractivity contribution in [2.24, 2.45) is 0 Å². The second-order valence-corrected chi connectivity index (χ2v) is 5.30. The van der Waals surface area contributed by atoms with E-state index in [0.29, 0.717) is 5.82 Å². The van der Waals surface area contributed by atoms with E-state index in [1.165, 1.54) is 10.4 Å². The Labute approximate surface area is 99.7 Å². The molecule has 4 heteroatoms. The maximum absolute atomic E-state index is 6.00. The quantitative estimate of drug-likeness (QED) is 0.888. The number of anilines is 1. The number of unbranched alkanes of at least 4 members (excludes halogenated alkanes) is 1. The number of aromatic nitrogens is 2. The largest absolute Gasteiger partial charge is 0.383 e. The maximum Gasteiger partial charge on any atom is 0.136 e. The Kier molecular flexibility index (Phi) is 3.10. The molecule has 2 rings (SSSR count). The molecule has 2 aromatic rings. The number of hydrogen-bond acceptors (Lipinski definition) is 4. The van der Waals surface area contributed by atoms with Crippen LogP contribution in [0.2, 0.25) is 0 Å². The molecule has 3 nitrogen and oxygen atoms in total. The molecule has 0 radical (unpaired) electrons. The number of rotatable bonds is 3. The van der Waals surface area contributed by atoms with E-state index in [1.807, 2.05) is 0 Å². The molecule has 0 aliphatic heterocycles. The third-order valence-electron chi connectivity index (χ3n) is 2.86. The van der Waals surface area contributed by atoms with Gasteiger partial charge in [0.15, 0.2) is 0 Å². The Morgan fingerprint density at radius 3 is 2.69 bits per heavy atom. The van der Waals surface area contributed by atoms with Gasteiger partial charge in [-0.3, -0.25) is 0 Å². The number of fused-ring (bicyclic) bond motifs is 1. The van der Waals surface area contributed by atoms with Gasteiger partial charge >= 0.3 is 0 Å². The van der Waals surface area contributed by atoms with Gasteiger partial charge < -0.3 is 5.73 Å². The number of nitrogens with two attached hydrogens (primary N) is 1. The van der Waals surface area contributed by atoms with Crippen LogP contribution in [0.4, 0.5) is 5.82 Å². The molecule has 86 valence electrons. The fraction of sp³-hybridized carbons (Fsp3) is 0.500. The Balaban J connectivity index is 2.51. The predicted octanol–water partition coefficient (Wildman–Crippen LogP) is 3.23. The topological polar surface area (TPSA) is 51.8 Å². The zero-order valence-corrected chi connectivity index (χ0v) is 10.8. The lowest BCUT2D eigenvalue weighted by Gasteiger charge is -2.02. The van der Waals surface area contributed by atoms with Gasteiger partial charge in [0.25, 0.3) is 0 Å². The summed E-state index contributed by atoms with van der Waals surface area (Å²) in [7, 11) is 0. The number of thiophene rings is 1. The highest BCUT2D eigenvalue weighted by atomic mass is 32.1. The average molecular weight is 235 g/mol. The van der Waals surface area contributed by atoms with Crippen LogP contribution < -0.4 is 5.73 Å². The summed E-state index contributed by atoms with van der Waals surface area (Å²) in [5.41, 5.74) is 7.22. The van der Waals surface area contributed by atoms with E-state index in [-0.39, 0.29) is 0 Å². The zero-order valence-electron chi connectivity index (χ0n) is 10.0. The Morgan fingerprint density at radius 1 is 1.25 bits per heavy atom. The van der Waals surface area contributed by atoms with E-state index in [4.69, 9.17) is 5.73 Å². The number of nitrogen functional groups attached to an aromatic ring is 1. The summed E-state index contributed by atoms with van der Waals surface area (Å²) in [6.45, 7) is 6.35. The number of aryl methyl sites for hydroxylation is 3. The van der Waals surface area contributed by atoms with Crippen LogP contribution in [-0.2, 0) is 6.42 Å². The van der Waals surface area contributed by atoms with Crippen molar-refractivity contribution in [1.82, 2.24) is 9.97 Å². The van der Waals surface area contributed by atoms with Crippen molar-refractivity contribution in [2.75, 3.05) is 5.73 Å². The van der Waals surface area contributed by atoms with Crippen molar-refractivity contribution in [3.05, 3.63) is 16.3 Å². The van der Waals surface area contributed by atoms with Gasteiger partial charge in [0.05, 0.1) is 5.39 Å². The first kappa shape index (κ1) is 11.3. The summed E-state index contributed by atoms with van der Waals surface area (Å²) in [5, 5.41) is 1.04. The van der Waals surface area contributed by atoms with E-state index in [1.54, 1.807) is 11.3 Å². The molecule has 0 aliphatic carbocycles. The molecule has 16 heavy (non-hydrogen) atoms. The lowest BCUT2D eigenvalue weighted by Crippen LogP contribution is -2.00. The maximum atomic E-state index is 6.00. The van der Waals surface area contributed by atoms with Crippen molar-refractivity contribution in [2.45, 2.75) is 40.0 Å². The zero-order chi connectivity index (χ0) is 11.7. The van der Waals surface area contributed by atoms with Crippen LogP contribution in [0.1, 0.15) is 36.0 Å². The molecule has 0 unspecified atom stereocenters. The first-order chi connectivity index (χ1) is 7.63. The Hall–Kier alpha value is -1.16. The van der Waals surface area contributed by atoms with E-state index in [9.17, 15) is 0 Å². The molecule has 0 fully saturated rings. The molecular weight excluding hydrogens is 218 g/mol. The van der Waals surface area contributed by atoms with Gasteiger partial charge in [0.2, 0.25) is 0 Å². The van der Waals surface area contributed by atoms with Gasteiger partial charge in [0, 0.05) is 11.3 Å². The highest BCUT2D eigenvalue weighted by Crippen LogP contribution is 2.31. The molecule has 0 aromatic carbocycles. The Morgan fingerprint density at radius 2 is 2.00 bits per heavy atom. The molecule has 0 bridgehead atoms. The van der Waals surface area contributed by atoms with E-state index >= 15 is 0 Å². The fourth-order valence-electron chi connectivity index (χ4n) is 1.77. The van der Waals surface area contributed by atoms with Gasteiger partial charge in [-0.25, -0.2) is 9.97 Å². The lowest BCUT2D eigenvalue weighted by molar-refractivity contribution is 0.758. The van der Waals surface area contributed by atoms with Crippen LogP contribution in [0.3, 0.4) is 0 Å². The fourth-order valence-corrected chi connectivity index (χ4v) is 2.83. The van der Waals surface area contributed by atoms with Gasteiger partial charge in [-0.1, -0.05) is 13.3 Å². The van der Waals surface area contributed by atoms with Gasteiger partial charge in [-0.15, -0.1) is 11.3 Å². The highest BCUT2D eigenvalue weighted by Gasteiger charge is 2.11. The minimum absolute atomic E-state index is 0.637. The van der Waals surface area contributed by atoms with Gasteiger partial charge in [0.1, 0.15) is 16.5 Å². The highest BCUT2D eigenvalue weighted by molar-refractivity contribution is 7.18. The average Bonchev–Trinajstić information content (AvgIpc) is 2.52. The number of nitrogens with zero attached hydrogens (tertiary/aromatic N) is 2. The molecule has 0 saturated carbocycles. The first-order valence-electron chi connectivity index (χ1n) is 5.65. The molecule has 0 spiro atoms. The van der Waals surface area contributed by atoms with Crippen LogP contribution in [0, 0.1) is 13.8 Å². The van der Waals surface area contributed by atoms with E-state index in [2.05, 4.69) is 30.7 Å². The van der Waals surface area contributed by atoms with Crippen molar-refractivity contribution < 1.29 is 0 Å². The molecule has 0 saturated heterocycles. The minimum atomic E-state index is 0.637. The van der Waals surface area contributed by atoms with Crippen molar-refractivity contribution >= 4 is 27.4 Å². The molecule has 2 aromatic heterocycles. The van der Waals surface area contributed by atoms with Crippen LogP contribution >= 0.6 is 11.3 Å². The summed E-state index contributed by atoms with van der Waals surface area (Å²) in [4.78, 5) is 11.3. The second-order valence-electron chi connectivity index (χ2n) is 4.09. The summed E-state index contributed by atoms with van der Waals surface area (Å²) in [6, 6.07) is 0. The normalized spacial score (nSPS) is 11.2. The monoisotopic (exact) mass is 235 g/mol. The summed E-state index contributed by atoms with van der Waals surface area (Å²) < 4.78 is 0. The van der Waals surface area contributed by atoms with E-state index in [0.717, 1.165) is 35.3 Å². The lowest BCUT2D eigenvalue weighted by atomic mass is 10.2. The minimum Gasteiger partial charge on any atom is -0.383 e. The third-order valence-corrected chi connectivity index (χ3v) is 3.96. The molecule has 2 N–H and O–H groups in total. The van der Waals surface area contributed by atoms with Gasteiger partial charge in [-0.2, -0.15) is 0 Å². The summed E-state index contributed by atoms with van der Waals surface area (Å²) in [6.07, 6.45) is 3.20. The molecule has 0 atom stereocenters.